The molecule has 6 heteroatoms. The van der Waals surface area contributed by atoms with Crippen molar-refractivity contribution < 1.29 is 9.32 Å². The van der Waals surface area contributed by atoms with Crippen LogP contribution in [0.4, 0.5) is 0 Å². The highest BCUT2D eigenvalue weighted by Gasteiger charge is 2.26. The Morgan fingerprint density at radius 1 is 1.32 bits per heavy atom. The quantitative estimate of drug-likeness (QED) is 0.904. The van der Waals surface area contributed by atoms with Gasteiger partial charge < -0.3 is 9.84 Å². The van der Waals surface area contributed by atoms with Crippen LogP contribution in [0.15, 0.2) is 34.9 Å². The molecular formula is C19H26N4O2. The first-order chi connectivity index (χ1) is 11.9. The van der Waals surface area contributed by atoms with Gasteiger partial charge in [0, 0.05) is 24.1 Å². The summed E-state index contributed by atoms with van der Waals surface area (Å²) in [5.41, 5.74) is 0.622. The fourth-order valence-electron chi connectivity index (χ4n) is 2.94. The summed E-state index contributed by atoms with van der Waals surface area (Å²) in [6.07, 6.45) is 1.07. The fourth-order valence-corrected chi connectivity index (χ4v) is 2.94. The van der Waals surface area contributed by atoms with Gasteiger partial charge in [0.05, 0.1) is 6.54 Å². The summed E-state index contributed by atoms with van der Waals surface area (Å²) in [7, 11) is 0. The number of nitrogens with zero attached hydrogens (tertiary/aromatic N) is 3. The molecule has 1 aromatic heterocycles. The minimum atomic E-state index is -0.337. The van der Waals surface area contributed by atoms with Crippen molar-refractivity contribution in [3.63, 3.8) is 0 Å². The number of nitrogens with one attached hydrogen (secondary N) is 1. The summed E-state index contributed by atoms with van der Waals surface area (Å²) in [6, 6.07) is 9.83. The van der Waals surface area contributed by atoms with Crippen LogP contribution in [0, 0.1) is 11.3 Å². The van der Waals surface area contributed by atoms with Crippen molar-refractivity contribution in [1.82, 2.24) is 20.4 Å². The highest BCUT2D eigenvalue weighted by Crippen LogP contribution is 2.20. The van der Waals surface area contributed by atoms with Crippen LogP contribution in [-0.2, 0) is 11.3 Å². The number of aromatic nitrogens is 2. The van der Waals surface area contributed by atoms with Crippen molar-refractivity contribution >= 4 is 5.91 Å². The summed E-state index contributed by atoms with van der Waals surface area (Å²) in [5.74, 6) is 1.85. The SMILES string of the molecule is CC(C)(C)C(=O)NC[C@@H]1CCN(Cc2nc(-c3ccccc3)no2)C1. The highest BCUT2D eigenvalue weighted by atomic mass is 16.5. The number of hydrogen-bond acceptors (Lipinski definition) is 5. The summed E-state index contributed by atoms with van der Waals surface area (Å²) >= 11 is 0. The molecule has 1 amide bonds. The van der Waals surface area contributed by atoms with Gasteiger partial charge in [-0.1, -0.05) is 56.3 Å². The minimum absolute atomic E-state index is 0.107. The van der Waals surface area contributed by atoms with Crippen molar-refractivity contribution in [2.75, 3.05) is 19.6 Å². The molecule has 6 nitrogen and oxygen atoms in total. The average Bonchev–Trinajstić information content (AvgIpc) is 3.22. The van der Waals surface area contributed by atoms with Crippen LogP contribution in [0.2, 0.25) is 0 Å². The maximum atomic E-state index is 12.0. The molecule has 1 aliphatic rings. The van der Waals surface area contributed by atoms with E-state index in [4.69, 9.17) is 4.52 Å². The number of benzene rings is 1. The Kier molecular flexibility index (Phi) is 5.18. The number of likely N-dealkylation sites (tertiary alicyclic amines) is 1. The molecule has 1 fully saturated rings. The topological polar surface area (TPSA) is 71.3 Å². The fraction of sp³-hybridized carbons (Fsp3) is 0.526. The van der Waals surface area contributed by atoms with E-state index in [1.54, 1.807) is 0 Å². The van der Waals surface area contributed by atoms with E-state index in [1.807, 2.05) is 51.1 Å². The van der Waals surface area contributed by atoms with E-state index in [0.29, 0.717) is 24.2 Å². The normalized spacial score (nSPS) is 18.4. The van der Waals surface area contributed by atoms with E-state index >= 15 is 0 Å². The molecule has 1 N–H and O–H groups in total. The zero-order valence-corrected chi connectivity index (χ0v) is 15.2. The molecule has 0 unspecified atom stereocenters. The van der Waals surface area contributed by atoms with E-state index in [2.05, 4.69) is 20.4 Å². The first-order valence-electron chi connectivity index (χ1n) is 8.80. The molecule has 2 aromatic rings. The molecular weight excluding hydrogens is 316 g/mol. The van der Waals surface area contributed by atoms with E-state index in [-0.39, 0.29) is 11.3 Å². The molecule has 0 radical (unpaired) electrons. The second-order valence-electron chi connectivity index (χ2n) is 7.73. The summed E-state index contributed by atoms with van der Waals surface area (Å²) < 4.78 is 5.39. The van der Waals surface area contributed by atoms with Crippen molar-refractivity contribution in [3.8, 4) is 11.4 Å². The van der Waals surface area contributed by atoms with Crippen molar-refractivity contribution in [2.45, 2.75) is 33.7 Å². The highest BCUT2D eigenvalue weighted by molar-refractivity contribution is 5.81. The molecule has 2 heterocycles. The van der Waals surface area contributed by atoms with E-state index < -0.39 is 0 Å². The molecule has 25 heavy (non-hydrogen) atoms. The first kappa shape index (κ1) is 17.6. The molecule has 1 aliphatic heterocycles. The van der Waals surface area contributed by atoms with Crippen LogP contribution in [0.5, 0.6) is 0 Å². The number of amides is 1. The number of rotatable bonds is 5. The van der Waals surface area contributed by atoms with Crippen LogP contribution < -0.4 is 5.32 Å². The van der Waals surface area contributed by atoms with Gasteiger partial charge >= 0.3 is 0 Å². The molecule has 1 atom stereocenters. The van der Waals surface area contributed by atoms with Crippen LogP contribution in [0.25, 0.3) is 11.4 Å². The van der Waals surface area contributed by atoms with Gasteiger partial charge in [-0.15, -0.1) is 0 Å². The lowest BCUT2D eigenvalue weighted by Gasteiger charge is -2.20. The Labute approximate surface area is 148 Å². The maximum absolute atomic E-state index is 12.0. The lowest BCUT2D eigenvalue weighted by atomic mass is 9.95. The first-order valence-corrected chi connectivity index (χ1v) is 8.80. The van der Waals surface area contributed by atoms with Gasteiger partial charge in [0.15, 0.2) is 0 Å². The second kappa shape index (κ2) is 7.35. The second-order valence-corrected chi connectivity index (χ2v) is 7.73. The number of carbonyl (C=O) groups is 1. The van der Waals surface area contributed by atoms with Crippen LogP contribution >= 0.6 is 0 Å². The van der Waals surface area contributed by atoms with E-state index in [1.165, 1.54) is 0 Å². The molecule has 134 valence electrons. The van der Waals surface area contributed by atoms with Gasteiger partial charge in [0.2, 0.25) is 17.6 Å². The molecule has 0 spiro atoms. The van der Waals surface area contributed by atoms with Crippen molar-refractivity contribution in [1.29, 1.82) is 0 Å². The molecule has 3 rings (SSSR count). The number of hydrogen-bond donors (Lipinski definition) is 1. The van der Waals surface area contributed by atoms with Gasteiger partial charge in [-0.2, -0.15) is 4.98 Å². The van der Waals surface area contributed by atoms with E-state index in [0.717, 1.165) is 31.6 Å². The third-order valence-corrected chi connectivity index (χ3v) is 4.46. The monoisotopic (exact) mass is 342 g/mol. The zero-order valence-electron chi connectivity index (χ0n) is 15.2. The van der Waals surface area contributed by atoms with Gasteiger partial charge in [-0.3, -0.25) is 9.69 Å². The van der Waals surface area contributed by atoms with Crippen molar-refractivity contribution in [3.05, 3.63) is 36.2 Å². The smallest absolute Gasteiger partial charge is 0.241 e. The van der Waals surface area contributed by atoms with Gasteiger partial charge in [-0.25, -0.2) is 0 Å². The predicted molar refractivity (Wildman–Crippen MR) is 95.6 cm³/mol. The number of carbonyl (C=O) groups excluding carboxylic acids is 1. The summed E-state index contributed by atoms with van der Waals surface area (Å²) in [6.45, 7) is 9.11. The summed E-state index contributed by atoms with van der Waals surface area (Å²) in [4.78, 5) is 18.8. The Hall–Kier alpha value is -2.21. The maximum Gasteiger partial charge on any atom is 0.241 e. The standard InChI is InChI=1S/C19H26N4O2/c1-19(2,3)18(24)20-11-14-9-10-23(12-14)13-16-21-17(22-25-16)15-7-5-4-6-8-15/h4-8,14H,9-13H2,1-3H3,(H,20,24)/t14-/m0/s1. The van der Waals surface area contributed by atoms with Crippen LogP contribution in [-0.4, -0.2) is 40.6 Å². The summed E-state index contributed by atoms with van der Waals surface area (Å²) in [5, 5.41) is 7.12. The van der Waals surface area contributed by atoms with Crippen LogP contribution in [0.1, 0.15) is 33.1 Å². The molecule has 1 saturated heterocycles. The largest absolute Gasteiger partial charge is 0.355 e. The predicted octanol–water partition coefficient (Wildman–Crippen LogP) is 2.72. The molecule has 0 aliphatic carbocycles. The Balaban J connectivity index is 1.49. The minimum Gasteiger partial charge on any atom is -0.355 e. The molecule has 0 saturated carbocycles. The van der Waals surface area contributed by atoms with E-state index in [9.17, 15) is 4.79 Å². The van der Waals surface area contributed by atoms with Gasteiger partial charge in [0.25, 0.3) is 0 Å². The van der Waals surface area contributed by atoms with Crippen molar-refractivity contribution in [2.24, 2.45) is 11.3 Å². The molecule has 1 aromatic carbocycles. The van der Waals surface area contributed by atoms with Gasteiger partial charge in [-0.05, 0) is 18.9 Å². The lowest BCUT2D eigenvalue weighted by molar-refractivity contribution is -0.128. The Morgan fingerprint density at radius 3 is 2.80 bits per heavy atom. The third kappa shape index (κ3) is 4.66. The van der Waals surface area contributed by atoms with Gasteiger partial charge in [0.1, 0.15) is 0 Å². The van der Waals surface area contributed by atoms with Crippen LogP contribution in [0.3, 0.4) is 0 Å². The average molecular weight is 342 g/mol. The Morgan fingerprint density at radius 2 is 2.08 bits per heavy atom. The molecule has 0 bridgehead atoms. The third-order valence-electron chi connectivity index (χ3n) is 4.46. The Bertz CT molecular complexity index is 706. The zero-order chi connectivity index (χ0) is 17.9. The lowest BCUT2D eigenvalue weighted by Crippen LogP contribution is -2.38.